The van der Waals surface area contributed by atoms with Crippen molar-refractivity contribution in [1.82, 2.24) is 18.6 Å². The highest BCUT2D eigenvalue weighted by Gasteiger charge is 2.31. The van der Waals surface area contributed by atoms with Gasteiger partial charge in [-0.3, -0.25) is 0 Å². The number of sulfonamides is 2. The summed E-state index contributed by atoms with van der Waals surface area (Å²) in [5, 5.41) is 5.54. The van der Waals surface area contributed by atoms with Gasteiger partial charge in [-0.2, -0.15) is 8.61 Å². The van der Waals surface area contributed by atoms with E-state index in [2.05, 4.69) is 41.7 Å². The van der Waals surface area contributed by atoms with Crippen LogP contribution in [0.15, 0.2) is 108 Å². The molecule has 6 aromatic rings. The van der Waals surface area contributed by atoms with E-state index in [1.165, 1.54) is 43.4 Å². The second kappa shape index (κ2) is 19.9. The number of ether oxygens (including phenoxy) is 3. The molecule has 8 rings (SSSR count). The molecule has 0 amide bonds. The first-order valence-electron chi connectivity index (χ1n) is 18.9. The smallest absolute Gasteiger partial charge is 0.243 e. The lowest BCUT2D eigenvalue weighted by atomic mass is 10.1. The molecule has 2 aliphatic heterocycles. The average Bonchev–Trinajstić information content (AvgIpc) is 3.99. The maximum absolute atomic E-state index is 13.7. The Morgan fingerprint density at radius 2 is 1.06 bits per heavy atom. The van der Waals surface area contributed by atoms with Crippen molar-refractivity contribution in [2.24, 2.45) is 0 Å². The van der Waals surface area contributed by atoms with Crippen molar-refractivity contribution in [3.63, 3.8) is 0 Å². The van der Waals surface area contributed by atoms with Crippen LogP contribution in [0.2, 0.25) is 5.02 Å². The lowest BCUT2D eigenvalue weighted by molar-refractivity contribution is 0.324. The van der Waals surface area contributed by atoms with Crippen molar-refractivity contribution >= 4 is 96.4 Å². The monoisotopic (exact) mass is 1070 g/mol. The van der Waals surface area contributed by atoms with E-state index in [-0.39, 0.29) is 9.92 Å². The first-order chi connectivity index (χ1) is 29.7. The molecule has 328 valence electrons. The topological polar surface area (TPSA) is 135 Å². The second-order valence-corrected chi connectivity index (χ2v) is 21.6. The summed E-state index contributed by atoms with van der Waals surface area (Å²) in [7, 11) is -2.34. The largest absolute Gasteiger partial charge is 0.493 e. The van der Waals surface area contributed by atoms with Gasteiger partial charge in [0.15, 0.2) is 21.8 Å². The summed E-state index contributed by atoms with van der Waals surface area (Å²) in [4.78, 5) is 14.1. The number of thiazole rings is 2. The molecule has 2 aliphatic rings. The highest BCUT2D eigenvalue weighted by atomic mass is 79.9. The van der Waals surface area contributed by atoms with Gasteiger partial charge in [0.25, 0.3) is 0 Å². The first-order valence-corrected chi connectivity index (χ1v) is 25.5. The Morgan fingerprint density at radius 3 is 1.47 bits per heavy atom. The molecule has 0 atom stereocenters. The van der Waals surface area contributed by atoms with Crippen LogP contribution in [0.1, 0.15) is 0 Å². The number of halogens is 4. The third-order valence-corrected chi connectivity index (χ3v) is 16.9. The van der Waals surface area contributed by atoms with E-state index in [1.807, 2.05) is 33.9 Å². The lowest BCUT2D eigenvalue weighted by Crippen LogP contribution is -2.48. The summed E-state index contributed by atoms with van der Waals surface area (Å²) >= 11 is 15.4. The van der Waals surface area contributed by atoms with Crippen molar-refractivity contribution in [3.05, 3.63) is 109 Å². The predicted molar refractivity (Wildman–Crippen MR) is 250 cm³/mol. The Kier molecular flexibility index (Phi) is 14.8. The van der Waals surface area contributed by atoms with Gasteiger partial charge in [0.05, 0.1) is 47.5 Å². The van der Waals surface area contributed by atoms with Crippen molar-refractivity contribution in [2.75, 3.05) is 83.5 Å². The van der Waals surface area contributed by atoms with Crippen LogP contribution >= 0.6 is 66.1 Å². The van der Waals surface area contributed by atoms with Crippen molar-refractivity contribution in [3.8, 4) is 39.8 Å². The number of methoxy groups -OCH3 is 3. The van der Waals surface area contributed by atoms with E-state index in [4.69, 9.17) is 30.8 Å². The Balaban J connectivity index is 0.000000188. The predicted octanol–water partition coefficient (Wildman–Crippen LogP) is 8.99. The fraction of sp³-hybridized carbons (Fsp3) is 0.268. The van der Waals surface area contributed by atoms with Gasteiger partial charge in [0, 0.05) is 83.2 Å². The van der Waals surface area contributed by atoms with Gasteiger partial charge >= 0.3 is 0 Å². The van der Waals surface area contributed by atoms with E-state index in [9.17, 15) is 21.2 Å². The molecule has 13 nitrogen and oxygen atoms in total. The number of benzene rings is 4. The fourth-order valence-corrected chi connectivity index (χ4v) is 12.7. The molecular formula is C41H40Br2ClFN6O7S4. The van der Waals surface area contributed by atoms with Gasteiger partial charge in [-0.05, 0) is 60.7 Å². The summed E-state index contributed by atoms with van der Waals surface area (Å²) in [6.45, 7) is 3.75. The Bertz CT molecular complexity index is 2740. The zero-order valence-corrected chi connectivity index (χ0v) is 40.7. The van der Waals surface area contributed by atoms with Crippen LogP contribution in [-0.2, 0) is 20.0 Å². The molecule has 0 saturated carbocycles. The van der Waals surface area contributed by atoms with Crippen molar-refractivity contribution in [2.45, 2.75) is 9.79 Å². The fourth-order valence-electron chi connectivity index (χ4n) is 6.76. The number of anilines is 2. The highest BCUT2D eigenvalue weighted by Crippen LogP contribution is 2.42. The van der Waals surface area contributed by atoms with Crippen LogP contribution in [0.25, 0.3) is 22.5 Å². The molecule has 2 saturated heterocycles. The van der Waals surface area contributed by atoms with Gasteiger partial charge in [-0.15, -0.1) is 22.7 Å². The quantitative estimate of drug-likeness (QED) is 0.123. The minimum atomic E-state index is -3.53. The van der Waals surface area contributed by atoms with Crippen LogP contribution in [0.3, 0.4) is 0 Å². The molecule has 21 heteroatoms. The first kappa shape index (κ1) is 46.1. The van der Waals surface area contributed by atoms with Gasteiger partial charge < -0.3 is 24.0 Å². The van der Waals surface area contributed by atoms with E-state index in [0.29, 0.717) is 85.8 Å². The zero-order chi connectivity index (χ0) is 44.2. The summed E-state index contributed by atoms with van der Waals surface area (Å²) < 4.78 is 86.2. The van der Waals surface area contributed by atoms with Crippen molar-refractivity contribution in [1.29, 1.82) is 0 Å². The van der Waals surface area contributed by atoms with Crippen LogP contribution in [0.4, 0.5) is 14.7 Å². The van der Waals surface area contributed by atoms with Crippen LogP contribution in [-0.4, -0.2) is 109 Å². The lowest BCUT2D eigenvalue weighted by Gasteiger charge is -2.33. The highest BCUT2D eigenvalue weighted by molar-refractivity contribution is 9.10. The molecule has 4 aromatic carbocycles. The molecule has 2 aromatic heterocycles. The molecule has 0 radical (unpaired) electrons. The van der Waals surface area contributed by atoms with Crippen LogP contribution < -0.4 is 24.0 Å². The maximum Gasteiger partial charge on any atom is 0.243 e. The number of hydrogen-bond acceptors (Lipinski definition) is 13. The van der Waals surface area contributed by atoms with Gasteiger partial charge in [0.1, 0.15) is 5.82 Å². The third-order valence-electron chi connectivity index (χ3n) is 10.0. The maximum atomic E-state index is 13.7. The van der Waals surface area contributed by atoms with Gasteiger partial charge in [0.2, 0.25) is 25.8 Å². The molecular weight excluding hydrogens is 1030 g/mol. The van der Waals surface area contributed by atoms with E-state index < -0.39 is 25.9 Å². The molecule has 0 aliphatic carbocycles. The molecule has 62 heavy (non-hydrogen) atoms. The van der Waals surface area contributed by atoms with E-state index in [1.54, 1.807) is 69.9 Å². The molecule has 4 heterocycles. The van der Waals surface area contributed by atoms with Gasteiger partial charge in [-0.25, -0.2) is 31.2 Å². The number of nitrogens with zero attached hydrogens (tertiary/aromatic N) is 6. The zero-order valence-electron chi connectivity index (χ0n) is 33.5. The van der Waals surface area contributed by atoms with Crippen LogP contribution in [0.5, 0.6) is 17.2 Å². The number of rotatable bonds is 11. The minimum Gasteiger partial charge on any atom is -0.493 e. The molecule has 0 N–H and O–H groups in total. The van der Waals surface area contributed by atoms with E-state index in [0.717, 1.165) is 30.5 Å². The Morgan fingerprint density at radius 1 is 0.613 bits per heavy atom. The summed E-state index contributed by atoms with van der Waals surface area (Å²) in [5.41, 5.74) is 2.97. The normalized spacial score (nSPS) is 15.2. The summed E-state index contributed by atoms with van der Waals surface area (Å²) in [5.74, 6) is 1.17. The molecule has 2 fully saturated rings. The molecule has 0 bridgehead atoms. The summed E-state index contributed by atoms with van der Waals surface area (Å²) in [6, 6.07) is 21.8. The Hall–Kier alpha value is -3.86. The average molecular weight is 1070 g/mol. The minimum absolute atomic E-state index is 0.0759. The van der Waals surface area contributed by atoms with Crippen LogP contribution in [0, 0.1) is 5.82 Å². The van der Waals surface area contributed by atoms with Gasteiger partial charge in [-0.1, -0.05) is 61.7 Å². The third kappa shape index (κ3) is 10.2. The SMILES string of the molecule is COc1cc(-c2csc(N3CCN(S(=O)(=O)c4cccc(Br)c4)CC3)n2)cc(OC)c1OC.O=S(=O)(c1cccc(Br)c1)N1CCN(c2nc(-c3ccc(Cl)c(F)c3)cs2)CC1. The number of piperazine rings is 2. The van der Waals surface area contributed by atoms with E-state index >= 15 is 0 Å². The Labute approximate surface area is 390 Å². The number of aromatic nitrogens is 2. The standard InChI is InChI=1S/C22H24BrN3O5S2.C19H16BrClFN3O2S2/c1-29-19-11-15(12-20(30-2)21(19)31-3)18-14-32-22(24-18)25-7-9-26(10-8-25)33(27,28)17-6-4-5-16(23)13-17;20-14-2-1-3-15(11-14)29(26,27)25-8-6-24(7-9-25)19-23-18(12-28-19)13-4-5-16(21)17(22)10-13/h4-6,11-14H,7-10H2,1-3H3;1-5,10-12H,6-9H2. The summed E-state index contributed by atoms with van der Waals surface area (Å²) in [6.07, 6.45) is 0. The molecule has 0 unspecified atom stereocenters. The molecule has 0 spiro atoms. The second-order valence-electron chi connectivity index (χ2n) is 13.8. The van der Waals surface area contributed by atoms with Crippen molar-refractivity contribution < 1.29 is 35.4 Å². The number of hydrogen-bond donors (Lipinski definition) is 0.